The van der Waals surface area contributed by atoms with Gasteiger partial charge in [0.05, 0.1) is 5.69 Å². The number of hydrogen-bond donors (Lipinski definition) is 1. The van der Waals surface area contributed by atoms with Gasteiger partial charge in [-0.2, -0.15) is 5.10 Å². The fourth-order valence-corrected chi connectivity index (χ4v) is 2.18. The number of aromatic nitrogens is 2. The summed E-state index contributed by atoms with van der Waals surface area (Å²) in [6, 6.07) is 2.69. The maximum Gasteiger partial charge on any atom is 0.0521 e. The van der Waals surface area contributed by atoms with Gasteiger partial charge in [0, 0.05) is 31.9 Å². The van der Waals surface area contributed by atoms with E-state index in [1.807, 2.05) is 10.9 Å². The van der Waals surface area contributed by atoms with Crippen LogP contribution in [0, 0.1) is 5.92 Å². The molecule has 1 atom stereocenters. The Labute approximate surface area is 111 Å². The van der Waals surface area contributed by atoms with E-state index < -0.39 is 0 Å². The fourth-order valence-electron chi connectivity index (χ4n) is 2.18. The van der Waals surface area contributed by atoms with Gasteiger partial charge in [0.2, 0.25) is 0 Å². The number of rotatable bonds is 8. The maximum atomic E-state index is 4.28. The lowest BCUT2D eigenvalue weighted by Crippen LogP contribution is -2.38. The highest BCUT2D eigenvalue weighted by Gasteiger charge is 2.13. The van der Waals surface area contributed by atoms with E-state index >= 15 is 0 Å². The Hall–Kier alpha value is -0.870. The van der Waals surface area contributed by atoms with E-state index in [2.05, 4.69) is 56.2 Å². The lowest BCUT2D eigenvalue weighted by Gasteiger charge is -2.26. The molecule has 1 aromatic rings. The molecule has 0 bridgehead atoms. The smallest absolute Gasteiger partial charge is 0.0521 e. The van der Waals surface area contributed by atoms with Gasteiger partial charge >= 0.3 is 0 Å². The predicted octanol–water partition coefficient (Wildman–Crippen LogP) is 1.97. The van der Waals surface area contributed by atoms with Crippen molar-refractivity contribution >= 4 is 0 Å². The Balaban J connectivity index is 2.39. The molecule has 0 aliphatic heterocycles. The monoisotopic (exact) mass is 252 g/mol. The van der Waals surface area contributed by atoms with E-state index in [0.29, 0.717) is 6.04 Å². The van der Waals surface area contributed by atoms with Crippen LogP contribution in [0.25, 0.3) is 0 Å². The average molecular weight is 252 g/mol. The molecule has 0 aliphatic carbocycles. The molecule has 4 heteroatoms. The van der Waals surface area contributed by atoms with Crippen molar-refractivity contribution in [2.75, 3.05) is 20.6 Å². The van der Waals surface area contributed by atoms with E-state index in [4.69, 9.17) is 0 Å². The Morgan fingerprint density at radius 1 is 1.39 bits per heavy atom. The SMILES string of the molecule is CCn1nccc1CNCC(CC(C)C)N(C)C. The van der Waals surface area contributed by atoms with Crippen LogP contribution < -0.4 is 5.32 Å². The van der Waals surface area contributed by atoms with Gasteiger partial charge in [0.15, 0.2) is 0 Å². The van der Waals surface area contributed by atoms with E-state index in [0.717, 1.165) is 25.6 Å². The normalized spacial score (nSPS) is 13.5. The quantitative estimate of drug-likeness (QED) is 0.768. The number of aryl methyl sites for hydroxylation is 1. The summed E-state index contributed by atoms with van der Waals surface area (Å²) in [6.45, 7) is 9.55. The van der Waals surface area contributed by atoms with Gasteiger partial charge in [-0.1, -0.05) is 13.8 Å². The van der Waals surface area contributed by atoms with Crippen molar-refractivity contribution in [2.24, 2.45) is 5.92 Å². The van der Waals surface area contributed by atoms with E-state index in [-0.39, 0.29) is 0 Å². The zero-order valence-electron chi connectivity index (χ0n) is 12.5. The van der Waals surface area contributed by atoms with Gasteiger partial charge in [0.25, 0.3) is 0 Å². The molecule has 0 aliphatic rings. The molecular formula is C14H28N4. The van der Waals surface area contributed by atoms with E-state index in [9.17, 15) is 0 Å². The van der Waals surface area contributed by atoms with Crippen LogP contribution in [0.4, 0.5) is 0 Å². The van der Waals surface area contributed by atoms with Gasteiger partial charge in [-0.25, -0.2) is 0 Å². The summed E-state index contributed by atoms with van der Waals surface area (Å²) in [7, 11) is 4.32. The van der Waals surface area contributed by atoms with Crippen molar-refractivity contribution in [3.63, 3.8) is 0 Å². The second-order valence-corrected chi connectivity index (χ2v) is 5.52. The molecule has 0 aromatic carbocycles. The summed E-state index contributed by atoms with van der Waals surface area (Å²) in [5, 5.41) is 7.83. The molecule has 0 amide bonds. The van der Waals surface area contributed by atoms with Gasteiger partial charge in [0.1, 0.15) is 0 Å². The molecule has 0 fully saturated rings. The summed E-state index contributed by atoms with van der Waals surface area (Å²) in [5.74, 6) is 0.736. The second kappa shape index (κ2) is 7.54. The van der Waals surface area contributed by atoms with Gasteiger partial charge < -0.3 is 10.2 Å². The Bertz CT molecular complexity index is 330. The average Bonchev–Trinajstić information content (AvgIpc) is 2.74. The summed E-state index contributed by atoms with van der Waals surface area (Å²) in [5.41, 5.74) is 1.26. The first-order chi connectivity index (χ1) is 8.54. The van der Waals surface area contributed by atoms with Crippen molar-refractivity contribution in [3.8, 4) is 0 Å². The summed E-state index contributed by atoms with van der Waals surface area (Å²) in [6.07, 6.45) is 3.10. The Morgan fingerprint density at radius 3 is 2.67 bits per heavy atom. The zero-order valence-corrected chi connectivity index (χ0v) is 12.5. The first-order valence-electron chi connectivity index (χ1n) is 6.92. The fraction of sp³-hybridized carbons (Fsp3) is 0.786. The molecular weight excluding hydrogens is 224 g/mol. The molecule has 1 rings (SSSR count). The summed E-state index contributed by atoms with van der Waals surface area (Å²) in [4.78, 5) is 2.31. The van der Waals surface area contributed by atoms with Crippen LogP contribution in [0.3, 0.4) is 0 Å². The first kappa shape index (κ1) is 15.2. The Kier molecular flexibility index (Phi) is 6.36. The van der Waals surface area contributed by atoms with Crippen molar-refractivity contribution in [1.29, 1.82) is 0 Å². The zero-order chi connectivity index (χ0) is 13.5. The van der Waals surface area contributed by atoms with Crippen LogP contribution in [0.1, 0.15) is 32.9 Å². The summed E-state index contributed by atoms with van der Waals surface area (Å²) >= 11 is 0. The third-order valence-corrected chi connectivity index (χ3v) is 3.26. The molecule has 1 unspecified atom stereocenters. The van der Waals surface area contributed by atoms with Crippen molar-refractivity contribution in [1.82, 2.24) is 20.0 Å². The lowest BCUT2D eigenvalue weighted by atomic mass is 10.0. The van der Waals surface area contributed by atoms with Crippen LogP contribution in [-0.2, 0) is 13.1 Å². The van der Waals surface area contributed by atoms with Crippen molar-refractivity contribution in [2.45, 2.75) is 46.3 Å². The minimum absolute atomic E-state index is 0.600. The molecule has 4 nitrogen and oxygen atoms in total. The molecule has 1 aromatic heterocycles. The van der Waals surface area contributed by atoms with Gasteiger partial charge in [-0.05, 0) is 39.4 Å². The number of nitrogens with one attached hydrogen (secondary N) is 1. The first-order valence-corrected chi connectivity index (χ1v) is 6.92. The van der Waals surface area contributed by atoms with Crippen LogP contribution >= 0.6 is 0 Å². The molecule has 18 heavy (non-hydrogen) atoms. The number of hydrogen-bond acceptors (Lipinski definition) is 3. The third-order valence-electron chi connectivity index (χ3n) is 3.26. The number of nitrogens with zero attached hydrogens (tertiary/aromatic N) is 3. The molecule has 0 radical (unpaired) electrons. The molecule has 1 N–H and O–H groups in total. The highest BCUT2D eigenvalue weighted by Crippen LogP contribution is 2.08. The highest BCUT2D eigenvalue weighted by atomic mass is 15.3. The minimum atomic E-state index is 0.600. The van der Waals surface area contributed by atoms with Crippen molar-refractivity contribution < 1.29 is 0 Å². The summed E-state index contributed by atoms with van der Waals surface area (Å²) < 4.78 is 2.04. The highest BCUT2D eigenvalue weighted by molar-refractivity contribution is 4.99. The third kappa shape index (κ3) is 4.78. The largest absolute Gasteiger partial charge is 0.310 e. The van der Waals surface area contributed by atoms with Crippen LogP contribution in [-0.4, -0.2) is 41.4 Å². The Morgan fingerprint density at radius 2 is 2.11 bits per heavy atom. The lowest BCUT2D eigenvalue weighted by molar-refractivity contribution is 0.246. The van der Waals surface area contributed by atoms with E-state index in [1.54, 1.807) is 0 Å². The molecule has 104 valence electrons. The minimum Gasteiger partial charge on any atom is -0.310 e. The molecule has 0 spiro atoms. The second-order valence-electron chi connectivity index (χ2n) is 5.52. The number of likely N-dealkylation sites (N-methyl/N-ethyl adjacent to an activating group) is 1. The molecule has 0 saturated carbocycles. The van der Waals surface area contributed by atoms with Gasteiger partial charge in [-0.15, -0.1) is 0 Å². The van der Waals surface area contributed by atoms with Crippen LogP contribution in [0.2, 0.25) is 0 Å². The van der Waals surface area contributed by atoms with Crippen LogP contribution in [0.15, 0.2) is 12.3 Å². The standard InChI is InChI=1S/C14H28N4/c1-6-18-13(7-8-16-18)10-15-11-14(17(4)5)9-12(2)3/h7-8,12,14-15H,6,9-11H2,1-5H3. The molecule has 1 heterocycles. The molecule has 0 saturated heterocycles. The predicted molar refractivity (Wildman–Crippen MR) is 76.5 cm³/mol. The topological polar surface area (TPSA) is 33.1 Å². The van der Waals surface area contributed by atoms with E-state index in [1.165, 1.54) is 12.1 Å². The van der Waals surface area contributed by atoms with Crippen molar-refractivity contribution in [3.05, 3.63) is 18.0 Å². The maximum absolute atomic E-state index is 4.28. The van der Waals surface area contributed by atoms with Gasteiger partial charge in [-0.3, -0.25) is 4.68 Å². The van der Waals surface area contributed by atoms with Crippen LogP contribution in [0.5, 0.6) is 0 Å².